The molecule has 1 atom stereocenters. The molecule has 0 aliphatic carbocycles. The van der Waals surface area contributed by atoms with Gasteiger partial charge in [0, 0.05) is 44.1 Å². The standard InChI is InChI=1S/C21H26N6O3S/c1-13-6-7-27-17(9-13)23-14(2)16(20(27)29)10-18-24-25-21(26(18)3)31-12-19(28)22-11-15-5-4-8-30-15/h6-7,9,15H,4-5,8,10-12H2,1-3H3,(H,22,28). The molecule has 1 aliphatic rings. The third-order valence-corrected chi connectivity index (χ3v) is 6.45. The second-order valence-electron chi connectivity index (χ2n) is 7.78. The molecular weight excluding hydrogens is 416 g/mol. The summed E-state index contributed by atoms with van der Waals surface area (Å²) in [4.78, 5) is 29.7. The maximum absolute atomic E-state index is 13.0. The highest BCUT2D eigenvalue weighted by Crippen LogP contribution is 2.18. The summed E-state index contributed by atoms with van der Waals surface area (Å²) in [5, 5.41) is 12.0. The van der Waals surface area contributed by atoms with E-state index < -0.39 is 0 Å². The second kappa shape index (κ2) is 9.19. The number of fused-ring (bicyclic) bond motifs is 1. The van der Waals surface area contributed by atoms with E-state index in [1.807, 2.05) is 37.6 Å². The largest absolute Gasteiger partial charge is 0.376 e. The molecule has 1 aliphatic heterocycles. The summed E-state index contributed by atoms with van der Waals surface area (Å²) in [5.74, 6) is 0.835. The Bertz CT molecular complexity index is 1170. The van der Waals surface area contributed by atoms with E-state index in [1.54, 1.807) is 10.6 Å². The molecule has 3 aromatic heterocycles. The first-order valence-electron chi connectivity index (χ1n) is 10.3. The zero-order valence-electron chi connectivity index (χ0n) is 17.9. The van der Waals surface area contributed by atoms with Crippen molar-refractivity contribution in [2.24, 2.45) is 7.05 Å². The minimum Gasteiger partial charge on any atom is -0.376 e. The van der Waals surface area contributed by atoms with Crippen LogP contribution < -0.4 is 10.9 Å². The Kier molecular flexibility index (Phi) is 6.38. The third-order valence-electron chi connectivity index (χ3n) is 5.43. The molecule has 3 aromatic rings. The van der Waals surface area contributed by atoms with E-state index in [2.05, 4.69) is 20.5 Å². The van der Waals surface area contributed by atoms with E-state index in [4.69, 9.17) is 4.74 Å². The second-order valence-corrected chi connectivity index (χ2v) is 8.72. The lowest BCUT2D eigenvalue weighted by Gasteiger charge is -2.10. The van der Waals surface area contributed by atoms with Crippen LogP contribution in [0, 0.1) is 13.8 Å². The summed E-state index contributed by atoms with van der Waals surface area (Å²) in [7, 11) is 1.84. The lowest BCUT2D eigenvalue weighted by Crippen LogP contribution is -2.32. The van der Waals surface area contributed by atoms with Gasteiger partial charge in [0.15, 0.2) is 5.16 Å². The molecule has 1 unspecified atom stereocenters. The summed E-state index contributed by atoms with van der Waals surface area (Å²) in [6, 6.07) is 3.77. The SMILES string of the molecule is Cc1ccn2c(=O)c(Cc3nnc(SCC(=O)NCC4CCCO4)n3C)c(C)nc2c1. The summed E-state index contributed by atoms with van der Waals surface area (Å²) in [6.45, 7) is 5.12. The normalized spacial score (nSPS) is 16.2. The lowest BCUT2D eigenvalue weighted by atomic mass is 10.1. The minimum absolute atomic E-state index is 0.0619. The van der Waals surface area contributed by atoms with Gasteiger partial charge in [-0.2, -0.15) is 0 Å². The molecule has 1 N–H and O–H groups in total. The quantitative estimate of drug-likeness (QED) is 0.552. The maximum Gasteiger partial charge on any atom is 0.261 e. The van der Waals surface area contributed by atoms with Crippen LogP contribution in [-0.2, 0) is 23.0 Å². The molecule has 164 valence electrons. The Morgan fingerprint density at radius 3 is 2.97 bits per heavy atom. The number of rotatable bonds is 7. The zero-order valence-corrected chi connectivity index (χ0v) is 18.7. The Hall–Kier alpha value is -2.72. The van der Waals surface area contributed by atoms with Crippen LogP contribution in [0.4, 0.5) is 0 Å². The number of nitrogens with one attached hydrogen (secondary N) is 1. The summed E-state index contributed by atoms with van der Waals surface area (Å²) < 4.78 is 8.89. The fraction of sp³-hybridized carbons (Fsp3) is 0.476. The molecule has 0 spiro atoms. The highest BCUT2D eigenvalue weighted by atomic mass is 32.2. The molecule has 1 fully saturated rings. The smallest absolute Gasteiger partial charge is 0.261 e. The molecule has 31 heavy (non-hydrogen) atoms. The van der Waals surface area contributed by atoms with E-state index in [1.165, 1.54) is 11.8 Å². The van der Waals surface area contributed by atoms with Gasteiger partial charge in [0.05, 0.1) is 11.9 Å². The van der Waals surface area contributed by atoms with Gasteiger partial charge in [0.1, 0.15) is 11.5 Å². The molecule has 0 bridgehead atoms. The van der Waals surface area contributed by atoms with Crippen LogP contribution in [-0.4, -0.2) is 55.1 Å². The van der Waals surface area contributed by atoms with Crippen LogP contribution in [0.25, 0.3) is 5.65 Å². The number of ether oxygens (including phenoxy) is 1. The number of nitrogens with zero attached hydrogens (tertiary/aromatic N) is 5. The molecule has 1 amide bonds. The Balaban J connectivity index is 1.43. The van der Waals surface area contributed by atoms with Crippen molar-refractivity contribution in [2.45, 2.75) is 44.4 Å². The van der Waals surface area contributed by atoms with Crippen molar-refractivity contribution in [3.8, 4) is 0 Å². The predicted octanol–water partition coefficient (Wildman–Crippen LogP) is 1.42. The lowest BCUT2D eigenvalue weighted by molar-refractivity contribution is -0.119. The first-order chi connectivity index (χ1) is 14.9. The number of aryl methyl sites for hydroxylation is 2. The number of carbonyl (C=O) groups excluding carboxylic acids is 1. The van der Waals surface area contributed by atoms with E-state index in [0.29, 0.717) is 40.9 Å². The van der Waals surface area contributed by atoms with Gasteiger partial charge < -0.3 is 14.6 Å². The van der Waals surface area contributed by atoms with E-state index in [9.17, 15) is 9.59 Å². The van der Waals surface area contributed by atoms with Crippen molar-refractivity contribution in [1.29, 1.82) is 0 Å². The Morgan fingerprint density at radius 2 is 2.19 bits per heavy atom. The molecular formula is C21H26N6O3S. The van der Waals surface area contributed by atoms with Gasteiger partial charge in [-0.1, -0.05) is 11.8 Å². The Morgan fingerprint density at radius 1 is 1.35 bits per heavy atom. The monoisotopic (exact) mass is 442 g/mol. The van der Waals surface area contributed by atoms with Crippen molar-refractivity contribution < 1.29 is 9.53 Å². The predicted molar refractivity (Wildman–Crippen MR) is 117 cm³/mol. The van der Waals surface area contributed by atoms with Crippen molar-refractivity contribution >= 4 is 23.3 Å². The van der Waals surface area contributed by atoms with Gasteiger partial charge in [-0.15, -0.1) is 10.2 Å². The third kappa shape index (κ3) is 4.80. The first-order valence-corrected chi connectivity index (χ1v) is 11.3. The Labute approximate surface area is 184 Å². The van der Waals surface area contributed by atoms with E-state index in [-0.39, 0.29) is 23.3 Å². The van der Waals surface area contributed by atoms with Crippen molar-refractivity contribution in [1.82, 2.24) is 29.5 Å². The van der Waals surface area contributed by atoms with Crippen molar-refractivity contribution in [3.05, 3.63) is 51.3 Å². The average molecular weight is 443 g/mol. The van der Waals surface area contributed by atoms with Crippen molar-refractivity contribution in [3.63, 3.8) is 0 Å². The average Bonchev–Trinajstić information content (AvgIpc) is 3.38. The number of amides is 1. The zero-order chi connectivity index (χ0) is 22.0. The fourth-order valence-corrected chi connectivity index (χ4v) is 4.35. The van der Waals surface area contributed by atoms with Crippen LogP contribution in [0.2, 0.25) is 0 Å². The summed E-state index contributed by atoms with van der Waals surface area (Å²) in [5.41, 5.74) is 2.85. The van der Waals surface area contributed by atoms with E-state index in [0.717, 1.165) is 25.0 Å². The van der Waals surface area contributed by atoms with Crippen LogP contribution in [0.3, 0.4) is 0 Å². The molecule has 0 saturated carbocycles. The molecule has 4 heterocycles. The van der Waals surface area contributed by atoms with E-state index >= 15 is 0 Å². The summed E-state index contributed by atoms with van der Waals surface area (Å²) >= 11 is 1.32. The minimum atomic E-state index is -0.104. The number of pyridine rings is 1. The van der Waals surface area contributed by atoms with Crippen LogP contribution >= 0.6 is 11.8 Å². The van der Waals surface area contributed by atoms with Crippen LogP contribution in [0.1, 0.15) is 35.5 Å². The molecule has 4 rings (SSSR count). The van der Waals surface area contributed by atoms with Crippen molar-refractivity contribution in [2.75, 3.05) is 18.9 Å². The van der Waals surface area contributed by atoms with Crippen LogP contribution in [0.15, 0.2) is 28.3 Å². The van der Waals surface area contributed by atoms with Gasteiger partial charge in [-0.3, -0.25) is 14.0 Å². The fourth-order valence-electron chi connectivity index (χ4n) is 3.59. The molecule has 0 aromatic carbocycles. The number of thioether (sulfide) groups is 1. The topological polar surface area (TPSA) is 103 Å². The van der Waals surface area contributed by atoms with Gasteiger partial charge in [-0.05, 0) is 44.4 Å². The first kappa shape index (κ1) is 21.5. The number of hydrogen-bond acceptors (Lipinski definition) is 7. The molecule has 9 nitrogen and oxygen atoms in total. The number of aromatic nitrogens is 5. The highest BCUT2D eigenvalue weighted by Gasteiger charge is 2.18. The number of carbonyl (C=O) groups is 1. The summed E-state index contributed by atoms with van der Waals surface area (Å²) in [6.07, 6.45) is 4.23. The van der Waals surface area contributed by atoms with Crippen LogP contribution in [0.5, 0.6) is 0 Å². The molecule has 0 radical (unpaired) electrons. The van der Waals surface area contributed by atoms with Gasteiger partial charge in [0.25, 0.3) is 5.56 Å². The number of hydrogen-bond donors (Lipinski definition) is 1. The van der Waals surface area contributed by atoms with Gasteiger partial charge in [0.2, 0.25) is 5.91 Å². The van der Waals surface area contributed by atoms with Gasteiger partial charge >= 0.3 is 0 Å². The van der Waals surface area contributed by atoms with Gasteiger partial charge in [-0.25, -0.2) is 4.98 Å². The molecule has 1 saturated heterocycles. The molecule has 10 heteroatoms. The maximum atomic E-state index is 13.0. The highest BCUT2D eigenvalue weighted by molar-refractivity contribution is 7.99.